The smallest absolute Gasteiger partial charge is 0.246 e. The molecule has 1 heterocycles. The largest absolute Gasteiger partial charge is 0.335 e. The van der Waals surface area contributed by atoms with Crippen LogP contribution in [-0.4, -0.2) is 29.4 Å². The Kier molecular flexibility index (Phi) is 3.69. The zero-order valence-electron chi connectivity index (χ0n) is 9.29. The van der Waals surface area contributed by atoms with Crippen molar-refractivity contribution in [3.8, 4) is 0 Å². The number of carbonyl (C=O) groups is 1. The predicted octanol–water partition coefficient (Wildman–Crippen LogP) is 1.29. The molecule has 3 nitrogen and oxygen atoms in total. The highest BCUT2D eigenvalue weighted by molar-refractivity contribution is 5.88. The molecule has 0 aliphatic carbocycles. The Morgan fingerprint density at radius 3 is 2.71 bits per heavy atom. The molecule has 2 atom stereocenters. The lowest BCUT2D eigenvalue weighted by Crippen LogP contribution is -2.52. The van der Waals surface area contributed by atoms with E-state index in [0.717, 1.165) is 25.0 Å². The predicted molar refractivity (Wildman–Crippen MR) is 57.8 cm³/mol. The maximum Gasteiger partial charge on any atom is 0.246 e. The molecule has 0 aromatic heterocycles. The summed E-state index contributed by atoms with van der Waals surface area (Å²) in [5, 5.41) is 0. The molecule has 1 saturated heterocycles. The Hall–Kier alpha value is -0.830. The fourth-order valence-corrected chi connectivity index (χ4v) is 1.81. The average Bonchev–Trinajstić information content (AvgIpc) is 2.08. The number of piperidine rings is 1. The van der Waals surface area contributed by atoms with Crippen molar-refractivity contribution in [1.29, 1.82) is 0 Å². The lowest BCUT2D eigenvalue weighted by molar-refractivity contribution is -0.129. The summed E-state index contributed by atoms with van der Waals surface area (Å²) in [7, 11) is 0. The van der Waals surface area contributed by atoms with Crippen molar-refractivity contribution >= 4 is 5.91 Å². The zero-order chi connectivity index (χ0) is 10.7. The van der Waals surface area contributed by atoms with Gasteiger partial charge in [0.05, 0.1) is 0 Å². The summed E-state index contributed by atoms with van der Waals surface area (Å²) >= 11 is 0. The first-order chi connectivity index (χ1) is 6.52. The van der Waals surface area contributed by atoms with Crippen LogP contribution in [0.2, 0.25) is 0 Å². The first-order valence-corrected chi connectivity index (χ1v) is 5.23. The van der Waals surface area contributed by atoms with Crippen LogP contribution in [0.5, 0.6) is 0 Å². The number of carbonyl (C=O) groups excluding carboxylic acids is 1. The summed E-state index contributed by atoms with van der Waals surface area (Å²) in [6.45, 7) is 6.75. The van der Waals surface area contributed by atoms with E-state index in [1.54, 1.807) is 6.08 Å². The first-order valence-electron chi connectivity index (χ1n) is 5.23. The second-order valence-electron chi connectivity index (χ2n) is 4.30. The van der Waals surface area contributed by atoms with Crippen LogP contribution >= 0.6 is 0 Å². The molecule has 1 aliphatic heterocycles. The quantitative estimate of drug-likeness (QED) is 0.642. The summed E-state index contributed by atoms with van der Waals surface area (Å²) in [6.07, 6.45) is 3.74. The molecule has 2 N–H and O–H groups in total. The van der Waals surface area contributed by atoms with Gasteiger partial charge in [-0.1, -0.05) is 5.57 Å². The molecule has 1 aliphatic rings. The van der Waals surface area contributed by atoms with Crippen molar-refractivity contribution in [1.82, 2.24) is 4.90 Å². The molecule has 0 spiro atoms. The zero-order valence-corrected chi connectivity index (χ0v) is 9.29. The number of rotatable bonds is 1. The molecule has 1 rings (SSSR count). The van der Waals surface area contributed by atoms with Gasteiger partial charge in [-0.3, -0.25) is 4.79 Å². The summed E-state index contributed by atoms with van der Waals surface area (Å²) in [6, 6.07) is 0.310. The van der Waals surface area contributed by atoms with E-state index in [1.165, 1.54) is 0 Å². The molecule has 0 saturated carbocycles. The van der Waals surface area contributed by atoms with Crippen LogP contribution in [0.4, 0.5) is 0 Å². The maximum atomic E-state index is 11.8. The monoisotopic (exact) mass is 196 g/mol. The second kappa shape index (κ2) is 4.60. The molecule has 2 unspecified atom stereocenters. The fraction of sp³-hybridized carbons (Fsp3) is 0.727. The second-order valence-corrected chi connectivity index (χ2v) is 4.30. The highest BCUT2D eigenvalue weighted by Crippen LogP contribution is 2.16. The van der Waals surface area contributed by atoms with E-state index in [1.807, 2.05) is 25.7 Å². The van der Waals surface area contributed by atoms with Gasteiger partial charge in [0.1, 0.15) is 0 Å². The van der Waals surface area contributed by atoms with Crippen molar-refractivity contribution < 1.29 is 4.79 Å². The highest BCUT2D eigenvalue weighted by atomic mass is 16.2. The van der Waals surface area contributed by atoms with E-state index in [-0.39, 0.29) is 18.0 Å². The Balaban J connectivity index is 2.67. The van der Waals surface area contributed by atoms with Crippen molar-refractivity contribution in [3.63, 3.8) is 0 Å². The van der Waals surface area contributed by atoms with Crippen LogP contribution in [0.1, 0.15) is 33.6 Å². The minimum Gasteiger partial charge on any atom is -0.335 e. The Morgan fingerprint density at radius 1 is 1.50 bits per heavy atom. The molecular weight excluding hydrogens is 176 g/mol. The van der Waals surface area contributed by atoms with Gasteiger partial charge >= 0.3 is 0 Å². The lowest BCUT2D eigenvalue weighted by Gasteiger charge is -2.37. The Bertz CT molecular complexity index is 244. The van der Waals surface area contributed by atoms with Crippen molar-refractivity contribution in [2.24, 2.45) is 5.73 Å². The molecule has 0 aromatic carbocycles. The minimum absolute atomic E-state index is 0.104. The third kappa shape index (κ3) is 2.58. The third-order valence-corrected chi connectivity index (χ3v) is 2.74. The molecule has 80 valence electrons. The topological polar surface area (TPSA) is 46.3 Å². The van der Waals surface area contributed by atoms with Gasteiger partial charge in [0.2, 0.25) is 5.91 Å². The molecule has 0 radical (unpaired) electrons. The Morgan fingerprint density at radius 2 is 2.14 bits per heavy atom. The van der Waals surface area contributed by atoms with E-state index in [4.69, 9.17) is 5.73 Å². The van der Waals surface area contributed by atoms with E-state index >= 15 is 0 Å². The van der Waals surface area contributed by atoms with E-state index in [0.29, 0.717) is 0 Å². The van der Waals surface area contributed by atoms with Gasteiger partial charge in [-0.15, -0.1) is 0 Å². The number of allylic oxidation sites excluding steroid dienone is 1. The van der Waals surface area contributed by atoms with Gasteiger partial charge in [0, 0.05) is 24.7 Å². The van der Waals surface area contributed by atoms with Crippen LogP contribution < -0.4 is 5.73 Å². The van der Waals surface area contributed by atoms with Crippen LogP contribution in [0, 0.1) is 0 Å². The molecule has 3 heteroatoms. The van der Waals surface area contributed by atoms with Crippen LogP contribution in [-0.2, 0) is 4.79 Å². The summed E-state index contributed by atoms with van der Waals surface area (Å²) < 4.78 is 0. The molecule has 1 amide bonds. The van der Waals surface area contributed by atoms with Crippen LogP contribution in [0.3, 0.4) is 0 Å². The van der Waals surface area contributed by atoms with Gasteiger partial charge < -0.3 is 10.6 Å². The number of hydrogen-bond donors (Lipinski definition) is 1. The average molecular weight is 196 g/mol. The lowest BCUT2D eigenvalue weighted by atomic mass is 9.98. The van der Waals surface area contributed by atoms with Gasteiger partial charge in [0.15, 0.2) is 0 Å². The van der Waals surface area contributed by atoms with Gasteiger partial charge in [-0.25, -0.2) is 0 Å². The van der Waals surface area contributed by atoms with Gasteiger partial charge in [-0.2, -0.15) is 0 Å². The third-order valence-electron chi connectivity index (χ3n) is 2.74. The summed E-state index contributed by atoms with van der Waals surface area (Å²) in [5.74, 6) is 0.104. The Labute approximate surface area is 86.0 Å². The van der Waals surface area contributed by atoms with Gasteiger partial charge in [-0.05, 0) is 33.6 Å². The van der Waals surface area contributed by atoms with E-state index in [9.17, 15) is 4.79 Å². The maximum absolute atomic E-state index is 11.8. The summed E-state index contributed by atoms with van der Waals surface area (Å²) in [4.78, 5) is 13.6. The molecule has 1 fully saturated rings. The van der Waals surface area contributed by atoms with E-state index in [2.05, 4.69) is 0 Å². The normalized spacial score (nSPS) is 27.3. The van der Waals surface area contributed by atoms with Crippen molar-refractivity contribution in [2.75, 3.05) is 6.54 Å². The number of amides is 1. The number of hydrogen-bond acceptors (Lipinski definition) is 2. The van der Waals surface area contributed by atoms with Crippen molar-refractivity contribution in [3.05, 3.63) is 11.6 Å². The minimum atomic E-state index is 0.104. The van der Waals surface area contributed by atoms with Gasteiger partial charge in [0.25, 0.3) is 0 Å². The van der Waals surface area contributed by atoms with E-state index < -0.39 is 0 Å². The molecule has 0 bridgehead atoms. The molecule has 14 heavy (non-hydrogen) atoms. The number of nitrogens with two attached hydrogens (primary N) is 1. The fourth-order valence-electron chi connectivity index (χ4n) is 1.81. The highest BCUT2D eigenvalue weighted by Gasteiger charge is 2.27. The molecular formula is C11H20N2O. The number of likely N-dealkylation sites (tertiary alicyclic amines) is 1. The summed E-state index contributed by atoms with van der Waals surface area (Å²) in [5.41, 5.74) is 6.97. The first kappa shape index (κ1) is 11.2. The number of nitrogens with zero attached hydrogens (tertiary/aromatic N) is 1. The van der Waals surface area contributed by atoms with Crippen LogP contribution in [0.25, 0.3) is 0 Å². The van der Waals surface area contributed by atoms with Crippen molar-refractivity contribution in [2.45, 2.75) is 45.7 Å². The SMILES string of the molecule is CC(C)=CC(=O)N1CCCC(N)C1C. The standard InChI is InChI=1S/C11H20N2O/c1-8(2)7-11(14)13-6-4-5-10(12)9(13)3/h7,9-10H,4-6,12H2,1-3H3. The molecule has 0 aromatic rings. The van der Waals surface area contributed by atoms with Crippen LogP contribution in [0.15, 0.2) is 11.6 Å².